The SMILES string of the molecule is CCc1cn([C@@H]2CC(OC(C)=O)[C@H](CC[C@H](I)Cc3ccccc3)O2)c(=O)[nH]c1=O. The number of esters is 1. The monoisotopic (exact) mass is 526 g/mol. The number of carbonyl (C=O) groups excluding carboxylic acids is 1. The molecule has 30 heavy (non-hydrogen) atoms. The van der Waals surface area contributed by atoms with Crippen LogP contribution in [0, 0.1) is 0 Å². The quantitative estimate of drug-likeness (QED) is 0.325. The molecule has 0 amide bonds. The lowest BCUT2D eigenvalue weighted by molar-refractivity contribution is -0.149. The van der Waals surface area contributed by atoms with E-state index in [1.54, 1.807) is 6.20 Å². The van der Waals surface area contributed by atoms with Crippen LogP contribution >= 0.6 is 22.6 Å². The Kier molecular flexibility index (Phi) is 7.87. The first-order valence-corrected chi connectivity index (χ1v) is 11.5. The van der Waals surface area contributed by atoms with Gasteiger partial charge in [0.2, 0.25) is 0 Å². The topological polar surface area (TPSA) is 90.4 Å². The number of hydrogen-bond donors (Lipinski definition) is 1. The van der Waals surface area contributed by atoms with Crippen molar-refractivity contribution < 1.29 is 14.3 Å². The summed E-state index contributed by atoms with van der Waals surface area (Å²) in [6, 6.07) is 10.3. The number of carbonyl (C=O) groups is 1. The van der Waals surface area contributed by atoms with Crippen LogP contribution in [0.4, 0.5) is 0 Å². The summed E-state index contributed by atoms with van der Waals surface area (Å²) >= 11 is 2.44. The van der Waals surface area contributed by atoms with E-state index in [-0.39, 0.29) is 17.6 Å². The molecule has 1 unspecified atom stereocenters. The second kappa shape index (κ2) is 10.4. The van der Waals surface area contributed by atoms with Crippen molar-refractivity contribution in [2.75, 3.05) is 0 Å². The van der Waals surface area contributed by atoms with Gasteiger partial charge in [0.15, 0.2) is 0 Å². The molecule has 1 saturated heterocycles. The Bertz CT molecular complexity index is 971. The number of halogens is 1. The lowest BCUT2D eigenvalue weighted by atomic mass is 10.0. The van der Waals surface area contributed by atoms with Gasteiger partial charge in [-0.05, 0) is 31.2 Å². The van der Waals surface area contributed by atoms with Crippen molar-refractivity contribution in [1.82, 2.24) is 9.55 Å². The van der Waals surface area contributed by atoms with Crippen LogP contribution in [0.2, 0.25) is 0 Å². The highest BCUT2D eigenvalue weighted by atomic mass is 127. The number of nitrogens with zero attached hydrogens (tertiary/aromatic N) is 1. The molecule has 0 radical (unpaired) electrons. The molecule has 1 aliphatic rings. The molecular formula is C22H27IN2O5. The average molecular weight is 526 g/mol. The van der Waals surface area contributed by atoms with Gasteiger partial charge in [0, 0.05) is 29.0 Å². The molecule has 162 valence electrons. The predicted octanol–water partition coefficient (Wildman–Crippen LogP) is 3.14. The second-order valence-electron chi connectivity index (χ2n) is 7.55. The van der Waals surface area contributed by atoms with Crippen molar-refractivity contribution in [2.24, 2.45) is 0 Å². The van der Waals surface area contributed by atoms with E-state index in [0.717, 1.165) is 12.8 Å². The summed E-state index contributed by atoms with van der Waals surface area (Å²) in [6.07, 6.45) is 3.71. The van der Waals surface area contributed by atoms with Gasteiger partial charge in [-0.1, -0.05) is 59.8 Å². The Morgan fingerprint density at radius 3 is 2.73 bits per heavy atom. The zero-order valence-electron chi connectivity index (χ0n) is 17.2. The second-order valence-corrected chi connectivity index (χ2v) is 9.31. The van der Waals surface area contributed by atoms with Gasteiger partial charge in [0.25, 0.3) is 5.56 Å². The molecule has 1 N–H and O–H groups in total. The number of benzene rings is 1. The maximum absolute atomic E-state index is 12.3. The standard InChI is InChI=1S/C22H27IN2O5/c1-3-16-13-25(22(28)24-21(16)27)20-12-19(29-14(2)26)18(30-20)10-9-17(23)11-15-7-5-4-6-8-15/h4-8,13,17-20H,3,9-12H2,1-2H3,(H,24,27,28)/t17-,18-,19?,20-/m0/s1. The summed E-state index contributed by atoms with van der Waals surface area (Å²) < 4.78 is 13.5. The summed E-state index contributed by atoms with van der Waals surface area (Å²) in [5, 5.41) is 0. The van der Waals surface area contributed by atoms with Crippen LogP contribution in [0.1, 0.15) is 50.5 Å². The number of nitrogens with one attached hydrogen (secondary N) is 1. The number of alkyl halides is 1. The number of hydrogen-bond acceptors (Lipinski definition) is 5. The van der Waals surface area contributed by atoms with E-state index in [0.29, 0.717) is 28.8 Å². The minimum atomic E-state index is -0.573. The fraction of sp³-hybridized carbons (Fsp3) is 0.500. The maximum Gasteiger partial charge on any atom is 0.330 e. The van der Waals surface area contributed by atoms with Gasteiger partial charge in [-0.25, -0.2) is 4.79 Å². The third-order valence-electron chi connectivity index (χ3n) is 5.29. The van der Waals surface area contributed by atoms with Crippen LogP contribution in [0.3, 0.4) is 0 Å². The molecule has 7 nitrogen and oxygen atoms in total. The molecule has 1 fully saturated rings. The summed E-state index contributed by atoms with van der Waals surface area (Å²) in [5.74, 6) is -0.368. The van der Waals surface area contributed by atoms with Gasteiger partial charge in [0.05, 0.1) is 6.10 Å². The zero-order chi connectivity index (χ0) is 21.7. The van der Waals surface area contributed by atoms with E-state index in [1.165, 1.54) is 17.1 Å². The first-order chi connectivity index (χ1) is 14.4. The van der Waals surface area contributed by atoms with Crippen LogP contribution in [-0.2, 0) is 27.1 Å². The number of ether oxygens (including phenoxy) is 2. The summed E-state index contributed by atoms with van der Waals surface area (Å²) in [6.45, 7) is 3.23. The number of aromatic amines is 1. The molecule has 3 rings (SSSR count). The molecule has 4 atom stereocenters. The van der Waals surface area contributed by atoms with Crippen molar-refractivity contribution in [3.8, 4) is 0 Å². The minimum absolute atomic E-state index is 0.296. The molecule has 1 aromatic carbocycles. The molecule has 8 heteroatoms. The first kappa shape index (κ1) is 22.7. The third-order valence-corrected chi connectivity index (χ3v) is 6.36. The van der Waals surface area contributed by atoms with Crippen LogP contribution in [0.5, 0.6) is 0 Å². The fourth-order valence-electron chi connectivity index (χ4n) is 3.78. The van der Waals surface area contributed by atoms with E-state index in [2.05, 4.69) is 39.7 Å². The van der Waals surface area contributed by atoms with Crippen molar-refractivity contribution >= 4 is 28.6 Å². The number of aryl methyl sites for hydroxylation is 1. The van der Waals surface area contributed by atoms with Gasteiger partial charge in [-0.3, -0.25) is 19.1 Å². The van der Waals surface area contributed by atoms with Gasteiger partial charge in [-0.2, -0.15) is 0 Å². The Labute approximate surface area is 188 Å². The molecule has 2 aromatic rings. The molecule has 0 saturated carbocycles. The van der Waals surface area contributed by atoms with Crippen LogP contribution < -0.4 is 11.2 Å². The Balaban J connectivity index is 1.69. The molecular weight excluding hydrogens is 499 g/mol. The fourth-order valence-corrected chi connectivity index (χ4v) is 4.64. The minimum Gasteiger partial charge on any atom is -0.460 e. The molecule has 2 heterocycles. The Morgan fingerprint density at radius 1 is 1.33 bits per heavy atom. The van der Waals surface area contributed by atoms with Gasteiger partial charge >= 0.3 is 11.7 Å². The van der Waals surface area contributed by atoms with Gasteiger partial charge < -0.3 is 9.47 Å². The highest BCUT2D eigenvalue weighted by Crippen LogP contribution is 2.33. The number of H-pyrrole nitrogens is 1. The first-order valence-electron chi connectivity index (χ1n) is 10.2. The highest BCUT2D eigenvalue weighted by Gasteiger charge is 2.39. The third kappa shape index (κ3) is 5.81. The number of aromatic nitrogens is 2. The normalized spacial score (nSPS) is 22.0. The van der Waals surface area contributed by atoms with Gasteiger partial charge in [-0.15, -0.1) is 0 Å². The zero-order valence-corrected chi connectivity index (χ0v) is 19.3. The summed E-state index contributed by atoms with van der Waals surface area (Å²) in [7, 11) is 0. The lowest BCUT2D eigenvalue weighted by Crippen LogP contribution is -2.34. The van der Waals surface area contributed by atoms with E-state index >= 15 is 0 Å². The maximum atomic E-state index is 12.3. The average Bonchev–Trinajstić information content (AvgIpc) is 3.09. The molecule has 0 aliphatic carbocycles. The van der Waals surface area contributed by atoms with E-state index in [1.807, 2.05) is 25.1 Å². The van der Waals surface area contributed by atoms with Crippen LogP contribution in [0.15, 0.2) is 46.1 Å². The van der Waals surface area contributed by atoms with Crippen molar-refractivity contribution in [2.45, 2.75) is 68.3 Å². The smallest absolute Gasteiger partial charge is 0.330 e. The largest absolute Gasteiger partial charge is 0.460 e. The molecule has 0 spiro atoms. The summed E-state index contributed by atoms with van der Waals surface area (Å²) in [5.41, 5.74) is 0.908. The molecule has 0 bridgehead atoms. The summed E-state index contributed by atoms with van der Waals surface area (Å²) in [4.78, 5) is 38.1. The van der Waals surface area contributed by atoms with Crippen LogP contribution in [-0.4, -0.2) is 31.7 Å². The molecule has 1 aromatic heterocycles. The van der Waals surface area contributed by atoms with E-state index in [4.69, 9.17) is 9.47 Å². The van der Waals surface area contributed by atoms with Crippen LogP contribution in [0.25, 0.3) is 0 Å². The van der Waals surface area contributed by atoms with E-state index < -0.39 is 18.0 Å². The van der Waals surface area contributed by atoms with Gasteiger partial charge in [0.1, 0.15) is 12.3 Å². The molecule has 1 aliphatic heterocycles. The Hall–Kier alpha value is -1.94. The highest BCUT2D eigenvalue weighted by molar-refractivity contribution is 14.1. The Morgan fingerprint density at radius 2 is 2.07 bits per heavy atom. The van der Waals surface area contributed by atoms with E-state index in [9.17, 15) is 14.4 Å². The predicted molar refractivity (Wildman–Crippen MR) is 122 cm³/mol. The lowest BCUT2D eigenvalue weighted by Gasteiger charge is -2.20. The van der Waals surface area contributed by atoms with Crippen molar-refractivity contribution in [3.63, 3.8) is 0 Å². The number of rotatable bonds is 8. The van der Waals surface area contributed by atoms with Crippen molar-refractivity contribution in [1.29, 1.82) is 0 Å². The van der Waals surface area contributed by atoms with Crippen molar-refractivity contribution in [3.05, 3.63) is 68.5 Å².